The van der Waals surface area contributed by atoms with E-state index in [1.165, 1.54) is 6.33 Å². The van der Waals surface area contributed by atoms with Crippen LogP contribution in [-0.4, -0.2) is 61.6 Å². The van der Waals surface area contributed by atoms with Crippen LogP contribution in [0.3, 0.4) is 0 Å². The van der Waals surface area contributed by atoms with Crippen molar-refractivity contribution in [1.82, 2.24) is 19.5 Å². The molecule has 1 saturated heterocycles. The molecule has 0 radical (unpaired) electrons. The minimum absolute atomic E-state index is 0.237. The van der Waals surface area contributed by atoms with Crippen LogP contribution in [0.25, 0.3) is 11.2 Å². The van der Waals surface area contributed by atoms with Crippen LogP contribution < -0.4 is 16.8 Å². The molecule has 0 amide bonds. The number of nitrogens with zero attached hydrogens (tertiary/aromatic N) is 4. The predicted octanol–water partition coefficient (Wildman–Crippen LogP) is -1.97. The zero-order valence-electron chi connectivity index (χ0n) is 11.3. The number of aliphatic hydroxyl groups is 2. The lowest BCUT2D eigenvalue weighted by molar-refractivity contribution is -0.0430. The fourth-order valence-electron chi connectivity index (χ4n) is 2.49. The maximum atomic E-state index is 10.00. The maximum absolute atomic E-state index is 10.00. The van der Waals surface area contributed by atoms with Crippen LogP contribution in [0.1, 0.15) is 6.23 Å². The monoisotopic (exact) mass is 295 g/mol. The van der Waals surface area contributed by atoms with Crippen LogP contribution in [0.4, 0.5) is 11.8 Å². The molecule has 0 saturated carbocycles. The molecule has 21 heavy (non-hydrogen) atoms. The van der Waals surface area contributed by atoms with Crippen molar-refractivity contribution in [2.45, 2.75) is 24.5 Å². The SMILES string of the molecule is CNc1nc2c(N)ncnc2n1[C@@H]1O[C@H](CO)[C@@H](O)[C@@H]1N. The summed E-state index contributed by atoms with van der Waals surface area (Å²) in [6.07, 6.45) is -1.15. The van der Waals surface area contributed by atoms with Crippen molar-refractivity contribution in [3.05, 3.63) is 6.33 Å². The smallest absolute Gasteiger partial charge is 0.207 e. The molecule has 1 aliphatic rings. The Hall–Kier alpha value is -2.01. The minimum atomic E-state index is -0.985. The lowest BCUT2D eigenvalue weighted by atomic mass is 10.1. The number of hydrogen-bond acceptors (Lipinski definition) is 9. The van der Waals surface area contributed by atoms with Gasteiger partial charge in [0.15, 0.2) is 23.2 Å². The molecule has 0 aliphatic carbocycles. The largest absolute Gasteiger partial charge is 0.394 e. The Labute approximate surface area is 119 Å². The quantitative estimate of drug-likeness (QED) is 0.433. The fraction of sp³-hybridized carbons (Fsp3) is 0.545. The summed E-state index contributed by atoms with van der Waals surface area (Å²) in [6, 6.07) is -0.733. The van der Waals surface area contributed by atoms with Crippen molar-refractivity contribution >= 4 is 22.9 Å². The first-order valence-corrected chi connectivity index (χ1v) is 6.44. The molecule has 1 fully saturated rings. The third-order valence-electron chi connectivity index (χ3n) is 3.58. The van der Waals surface area contributed by atoms with E-state index in [-0.39, 0.29) is 12.4 Å². The van der Waals surface area contributed by atoms with Crippen LogP contribution in [0.2, 0.25) is 0 Å². The summed E-state index contributed by atoms with van der Waals surface area (Å²) in [4.78, 5) is 12.4. The molecule has 4 atom stereocenters. The number of nitrogen functional groups attached to an aromatic ring is 1. The van der Waals surface area contributed by atoms with E-state index in [2.05, 4.69) is 20.3 Å². The van der Waals surface area contributed by atoms with Gasteiger partial charge in [-0.3, -0.25) is 4.57 Å². The zero-order chi connectivity index (χ0) is 15.1. The summed E-state index contributed by atoms with van der Waals surface area (Å²) >= 11 is 0. The van der Waals surface area contributed by atoms with E-state index in [0.717, 1.165) is 0 Å². The van der Waals surface area contributed by atoms with Crippen molar-refractivity contribution in [3.63, 3.8) is 0 Å². The molecule has 10 nitrogen and oxygen atoms in total. The van der Waals surface area contributed by atoms with Gasteiger partial charge in [-0.2, -0.15) is 0 Å². The summed E-state index contributed by atoms with van der Waals surface area (Å²) in [5, 5.41) is 22.1. The molecule has 1 aliphatic heterocycles. The molecule has 3 heterocycles. The topological polar surface area (TPSA) is 157 Å². The van der Waals surface area contributed by atoms with Crippen molar-refractivity contribution in [2.24, 2.45) is 5.73 Å². The molecule has 10 heteroatoms. The molecule has 0 aromatic carbocycles. The number of nitrogens with two attached hydrogens (primary N) is 2. The first kappa shape index (κ1) is 13.9. The van der Waals surface area contributed by atoms with E-state index >= 15 is 0 Å². The van der Waals surface area contributed by atoms with Gasteiger partial charge < -0.3 is 31.7 Å². The van der Waals surface area contributed by atoms with E-state index in [9.17, 15) is 10.2 Å². The van der Waals surface area contributed by atoms with Gasteiger partial charge in [0.2, 0.25) is 5.95 Å². The molecule has 114 valence electrons. The van der Waals surface area contributed by atoms with Gasteiger partial charge in [0.1, 0.15) is 18.5 Å². The number of rotatable bonds is 3. The van der Waals surface area contributed by atoms with Gasteiger partial charge in [-0.05, 0) is 0 Å². The van der Waals surface area contributed by atoms with Crippen molar-refractivity contribution in [1.29, 1.82) is 0 Å². The first-order chi connectivity index (χ1) is 10.1. The number of imidazole rings is 1. The second-order valence-electron chi connectivity index (χ2n) is 4.80. The lowest BCUT2D eigenvalue weighted by Crippen LogP contribution is -2.40. The highest BCUT2D eigenvalue weighted by Gasteiger charge is 2.43. The summed E-state index contributed by atoms with van der Waals surface area (Å²) < 4.78 is 7.23. The van der Waals surface area contributed by atoms with E-state index in [1.54, 1.807) is 11.6 Å². The number of hydrogen-bond donors (Lipinski definition) is 5. The van der Waals surface area contributed by atoms with Crippen LogP contribution in [0.15, 0.2) is 6.33 Å². The Bertz CT molecular complexity index is 661. The van der Waals surface area contributed by atoms with Gasteiger partial charge in [0.25, 0.3) is 0 Å². The molecule has 0 unspecified atom stereocenters. The number of ether oxygens (including phenoxy) is 1. The molecule has 3 rings (SSSR count). The fourth-order valence-corrected chi connectivity index (χ4v) is 2.49. The summed E-state index contributed by atoms with van der Waals surface area (Å²) in [6.45, 7) is -0.329. The molecule has 2 aromatic heterocycles. The summed E-state index contributed by atoms with van der Waals surface area (Å²) in [5.74, 6) is 0.671. The number of aromatic nitrogens is 4. The summed E-state index contributed by atoms with van der Waals surface area (Å²) in [5.41, 5.74) is 12.6. The van der Waals surface area contributed by atoms with Crippen molar-refractivity contribution < 1.29 is 14.9 Å². The highest BCUT2D eigenvalue weighted by molar-refractivity contribution is 5.84. The van der Waals surface area contributed by atoms with Crippen LogP contribution in [0.5, 0.6) is 0 Å². The third-order valence-corrected chi connectivity index (χ3v) is 3.58. The third kappa shape index (κ3) is 2.00. The van der Waals surface area contributed by atoms with Gasteiger partial charge in [-0.1, -0.05) is 0 Å². The minimum Gasteiger partial charge on any atom is -0.394 e. The Morgan fingerprint density at radius 2 is 2.24 bits per heavy atom. The number of anilines is 2. The average Bonchev–Trinajstić information content (AvgIpc) is 2.99. The molecule has 2 aromatic rings. The predicted molar refractivity (Wildman–Crippen MR) is 74.3 cm³/mol. The zero-order valence-corrected chi connectivity index (χ0v) is 11.3. The Balaban J connectivity index is 2.14. The van der Waals surface area contributed by atoms with Crippen LogP contribution >= 0.6 is 0 Å². The summed E-state index contributed by atoms with van der Waals surface area (Å²) in [7, 11) is 1.68. The normalized spacial score (nSPS) is 29.1. The van der Waals surface area contributed by atoms with Crippen LogP contribution in [0, 0.1) is 0 Å². The van der Waals surface area contributed by atoms with E-state index in [4.69, 9.17) is 16.2 Å². The average molecular weight is 295 g/mol. The van der Waals surface area contributed by atoms with Gasteiger partial charge in [0, 0.05) is 7.05 Å². The lowest BCUT2D eigenvalue weighted by Gasteiger charge is -2.19. The Morgan fingerprint density at radius 3 is 2.86 bits per heavy atom. The van der Waals surface area contributed by atoms with E-state index in [0.29, 0.717) is 17.1 Å². The second-order valence-corrected chi connectivity index (χ2v) is 4.80. The molecular weight excluding hydrogens is 278 g/mol. The van der Waals surface area contributed by atoms with Gasteiger partial charge in [-0.25, -0.2) is 15.0 Å². The Morgan fingerprint density at radius 1 is 1.48 bits per heavy atom. The number of fused-ring (bicyclic) bond motifs is 1. The maximum Gasteiger partial charge on any atom is 0.207 e. The molecule has 7 N–H and O–H groups in total. The first-order valence-electron chi connectivity index (χ1n) is 6.44. The number of aliphatic hydroxyl groups excluding tert-OH is 2. The standard InChI is InChI=1S/C11H17N7O3/c1-14-11-17-6-8(13)15-3-16-9(6)18(11)10-5(12)7(20)4(2-19)21-10/h3-5,7,10,19-20H,2,12H2,1H3,(H,14,17)(H2,13,15,16)/t4-,5+,7-,10-/m1/s1. The van der Waals surface area contributed by atoms with Crippen molar-refractivity contribution in [2.75, 3.05) is 24.7 Å². The second kappa shape index (κ2) is 5.07. The van der Waals surface area contributed by atoms with E-state index in [1.807, 2.05) is 0 Å². The highest BCUT2D eigenvalue weighted by Crippen LogP contribution is 2.33. The van der Waals surface area contributed by atoms with Gasteiger partial charge in [0.05, 0.1) is 12.6 Å². The van der Waals surface area contributed by atoms with Crippen LogP contribution in [-0.2, 0) is 4.74 Å². The van der Waals surface area contributed by atoms with E-state index < -0.39 is 24.5 Å². The molecule has 0 bridgehead atoms. The highest BCUT2D eigenvalue weighted by atomic mass is 16.5. The number of nitrogens with one attached hydrogen (secondary N) is 1. The molecule has 0 spiro atoms. The van der Waals surface area contributed by atoms with Gasteiger partial charge >= 0.3 is 0 Å². The van der Waals surface area contributed by atoms with Gasteiger partial charge in [-0.15, -0.1) is 0 Å². The Kier molecular flexibility index (Phi) is 3.37. The van der Waals surface area contributed by atoms with Crippen molar-refractivity contribution in [3.8, 4) is 0 Å². The molecular formula is C11H17N7O3.